The van der Waals surface area contributed by atoms with E-state index in [-0.39, 0.29) is 11.7 Å². The number of hydrogen-bond acceptors (Lipinski definition) is 2. The average molecular weight is 369 g/mol. The lowest BCUT2D eigenvalue weighted by Gasteiger charge is -2.16. The fourth-order valence-corrected chi connectivity index (χ4v) is 4.79. The summed E-state index contributed by atoms with van der Waals surface area (Å²) in [6.07, 6.45) is 3.85. The van der Waals surface area contributed by atoms with Crippen molar-refractivity contribution >= 4 is 5.69 Å². The zero-order valence-electron chi connectivity index (χ0n) is 16.7. The van der Waals surface area contributed by atoms with E-state index in [2.05, 4.69) is 0 Å². The molecule has 5 heteroatoms. The van der Waals surface area contributed by atoms with Crippen LogP contribution in [0.5, 0.6) is 0 Å². The monoisotopic (exact) mass is 369 g/mol. The van der Waals surface area contributed by atoms with Crippen LogP contribution in [0, 0.1) is 10.1 Å². The summed E-state index contributed by atoms with van der Waals surface area (Å²) in [5.41, 5.74) is 3.61. The first-order valence-electron chi connectivity index (χ1n) is 9.97. The highest BCUT2D eigenvalue weighted by molar-refractivity contribution is 5.76. The molecule has 0 fully saturated rings. The average Bonchev–Trinajstić information content (AvgIpc) is 3.19. The minimum Gasteiger partial charge on any atom is -0.258 e. The van der Waals surface area contributed by atoms with Gasteiger partial charge in [0.1, 0.15) is 5.56 Å². The van der Waals surface area contributed by atoms with Gasteiger partial charge >= 0.3 is 5.66 Å². The van der Waals surface area contributed by atoms with Gasteiger partial charge in [-0.2, -0.15) is 0 Å². The lowest BCUT2D eigenvalue weighted by Crippen LogP contribution is -2.71. The van der Waals surface area contributed by atoms with Crippen molar-refractivity contribution < 1.29 is 16.8 Å². The van der Waals surface area contributed by atoms with Crippen molar-refractivity contribution in [1.29, 1.82) is 0 Å². The number of nitrogens with zero attached hydrogens (tertiary/aromatic N) is 3. The van der Waals surface area contributed by atoms with Gasteiger partial charge in [-0.05, 0) is 30.3 Å². The molecule has 2 aliphatic heterocycles. The third-order valence-corrected chi connectivity index (χ3v) is 5.73. The van der Waals surface area contributed by atoms with Crippen LogP contribution in [-0.2, 0) is 5.66 Å². The van der Waals surface area contributed by atoms with Gasteiger partial charge in [-0.15, -0.1) is 9.13 Å². The smallest absolute Gasteiger partial charge is 0.258 e. The van der Waals surface area contributed by atoms with Gasteiger partial charge < -0.3 is 0 Å². The predicted molar refractivity (Wildman–Crippen MR) is 102 cm³/mol. The summed E-state index contributed by atoms with van der Waals surface area (Å²) in [5.74, 6) is 0. The van der Waals surface area contributed by atoms with Crippen molar-refractivity contribution in [1.82, 2.24) is 0 Å². The van der Waals surface area contributed by atoms with Crippen LogP contribution in [0.4, 0.5) is 5.69 Å². The van der Waals surface area contributed by atoms with Crippen molar-refractivity contribution in [3.63, 3.8) is 0 Å². The number of hydrogen-bond donors (Lipinski definition) is 0. The molecule has 28 heavy (non-hydrogen) atoms. The molecule has 4 heterocycles. The molecule has 5 nitrogen and oxygen atoms in total. The van der Waals surface area contributed by atoms with Crippen molar-refractivity contribution in [3.8, 4) is 22.5 Å². The number of aromatic nitrogens is 2. The Labute approximate surface area is 163 Å². The highest BCUT2D eigenvalue weighted by Crippen LogP contribution is 2.49. The maximum absolute atomic E-state index is 12.2. The van der Waals surface area contributed by atoms with E-state index in [1.165, 1.54) is 6.07 Å². The van der Waals surface area contributed by atoms with E-state index in [0.717, 1.165) is 22.5 Å². The number of fused-ring (bicyclic) bond motifs is 10. The topological polar surface area (TPSA) is 50.9 Å². The molecular weight excluding hydrogens is 350 g/mol. The van der Waals surface area contributed by atoms with Gasteiger partial charge in [-0.3, -0.25) is 10.1 Å². The molecule has 2 aliphatic rings. The summed E-state index contributed by atoms with van der Waals surface area (Å²) in [6, 6.07) is 20.5. The summed E-state index contributed by atoms with van der Waals surface area (Å²) in [6.45, 7) is 0. The summed E-state index contributed by atoms with van der Waals surface area (Å²) in [5, 5.41) is 12.2. The Hall–Kier alpha value is -3.86. The molecule has 0 N–H and O–H groups in total. The van der Waals surface area contributed by atoms with Gasteiger partial charge in [-0.1, -0.05) is 18.2 Å². The highest BCUT2D eigenvalue weighted by Gasteiger charge is 2.69. The molecule has 1 atom stereocenters. The van der Waals surface area contributed by atoms with E-state index in [1.54, 1.807) is 12.1 Å². The van der Waals surface area contributed by atoms with Crippen LogP contribution in [0.15, 0.2) is 91.2 Å². The number of rotatable bonds is 1. The molecule has 0 bridgehead atoms. The standard InChI is InChI=1S/C23H15N3O2/c27-26(28)21-13-7-9-17-20-12-4-6-15-25(20)23(22(17)21)18-10-2-1-8-16(18)19-11-3-5-14-24(19)23/h1-15H/q+2/i1T,7T. The first kappa shape index (κ1) is 13.3. The quantitative estimate of drug-likeness (QED) is 0.253. The lowest BCUT2D eigenvalue weighted by molar-refractivity contribution is -0.955. The molecule has 0 saturated carbocycles. The molecule has 4 aromatic rings. The van der Waals surface area contributed by atoms with Crippen molar-refractivity contribution in [2.24, 2.45) is 0 Å². The van der Waals surface area contributed by atoms with E-state index >= 15 is 0 Å². The van der Waals surface area contributed by atoms with Crippen molar-refractivity contribution in [2.45, 2.75) is 5.66 Å². The SMILES string of the molecule is [3H]c1ccc2c(c1)-c1cccc[n+]1C21c2c(cc([3H])cc2[N+](=O)[O-])-c2cccc[n+]21. The first-order valence-corrected chi connectivity index (χ1v) is 8.97. The zero-order chi connectivity index (χ0) is 20.6. The second-order valence-corrected chi connectivity index (χ2v) is 6.94. The maximum atomic E-state index is 12.2. The largest absolute Gasteiger partial charge is 0.424 e. The highest BCUT2D eigenvalue weighted by atomic mass is 16.6. The van der Waals surface area contributed by atoms with E-state index in [0.29, 0.717) is 17.2 Å². The van der Waals surface area contributed by atoms with Gasteiger partial charge in [0.25, 0.3) is 5.69 Å². The molecule has 132 valence electrons. The van der Waals surface area contributed by atoms with E-state index in [9.17, 15) is 10.1 Å². The fourth-order valence-electron chi connectivity index (χ4n) is 4.79. The van der Waals surface area contributed by atoms with Gasteiger partial charge in [0.05, 0.1) is 18.8 Å². The molecule has 0 saturated heterocycles. The molecule has 1 spiro atoms. The normalized spacial score (nSPS) is 18.7. The van der Waals surface area contributed by atoms with Gasteiger partial charge in [0.15, 0.2) is 18.0 Å². The molecule has 1 unspecified atom stereocenters. The minimum absolute atomic E-state index is 0.0775. The molecule has 2 aromatic carbocycles. The summed E-state index contributed by atoms with van der Waals surface area (Å²) in [7, 11) is 0. The van der Waals surface area contributed by atoms with Crippen LogP contribution in [0.1, 0.15) is 13.9 Å². The molecule has 0 aliphatic carbocycles. The molecule has 2 aromatic heterocycles. The van der Waals surface area contributed by atoms with Crippen molar-refractivity contribution in [3.05, 3.63) is 112 Å². The number of benzene rings is 2. The molecular formula is C23H15N3O2+2. The Bertz CT molecular complexity index is 1410. The van der Waals surface area contributed by atoms with Crippen molar-refractivity contribution in [2.75, 3.05) is 0 Å². The van der Waals surface area contributed by atoms with Crippen LogP contribution in [0.25, 0.3) is 22.5 Å². The second-order valence-electron chi connectivity index (χ2n) is 6.94. The molecule has 0 amide bonds. The second kappa shape index (κ2) is 5.10. The van der Waals surface area contributed by atoms with E-state index < -0.39 is 10.6 Å². The van der Waals surface area contributed by atoms with Crippen LogP contribution in [0.3, 0.4) is 0 Å². The van der Waals surface area contributed by atoms with Gasteiger partial charge in [0, 0.05) is 30.3 Å². The van der Waals surface area contributed by atoms with Crippen LogP contribution in [0.2, 0.25) is 0 Å². The van der Waals surface area contributed by atoms with E-state index in [4.69, 9.17) is 2.74 Å². The maximum Gasteiger partial charge on any atom is 0.424 e. The first-order chi connectivity index (χ1) is 14.5. The van der Waals surface area contributed by atoms with Crippen LogP contribution < -0.4 is 9.13 Å². The summed E-state index contributed by atoms with van der Waals surface area (Å²) < 4.78 is 20.4. The van der Waals surface area contributed by atoms with Crippen LogP contribution >= 0.6 is 0 Å². The number of pyridine rings is 2. The van der Waals surface area contributed by atoms with Crippen LogP contribution in [-0.4, -0.2) is 4.92 Å². The predicted octanol–water partition coefficient (Wildman–Crippen LogP) is 3.43. The van der Waals surface area contributed by atoms with Gasteiger partial charge in [-0.25, -0.2) is 0 Å². The summed E-state index contributed by atoms with van der Waals surface area (Å²) in [4.78, 5) is 11.8. The fraction of sp³-hybridized carbons (Fsp3) is 0.0435. The third kappa shape index (κ3) is 1.58. The van der Waals surface area contributed by atoms with E-state index in [1.807, 2.05) is 70.1 Å². The van der Waals surface area contributed by atoms with Gasteiger partial charge in [0.2, 0.25) is 11.4 Å². The number of nitro benzene ring substituents is 1. The Morgan fingerprint density at radius 3 is 2.21 bits per heavy atom. The lowest BCUT2D eigenvalue weighted by atomic mass is 9.88. The Morgan fingerprint density at radius 2 is 1.50 bits per heavy atom. The Morgan fingerprint density at radius 1 is 0.821 bits per heavy atom. The minimum atomic E-state index is -0.998. The Kier molecular flexibility index (Phi) is 2.43. The molecule has 0 radical (unpaired) electrons. The molecule has 6 rings (SSSR count). The number of nitro groups is 1. The zero-order valence-corrected chi connectivity index (χ0v) is 14.7. The summed E-state index contributed by atoms with van der Waals surface area (Å²) >= 11 is 0. The third-order valence-electron chi connectivity index (χ3n) is 5.73. The Balaban J connectivity index is 1.89.